The van der Waals surface area contributed by atoms with Gasteiger partial charge in [0.2, 0.25) is 0 Å². The molecule has 0 radical (unpaired) electrons. The molecule has 0 fully saturated rings. The number of aliphatic hydroxyl groups is 1. The summed E-state index contributed by atoms with van der Waals surface area (Å²) in [5.74, 6) is 1.42. The number of ether oxygens (including phenoxy) is 1. The highest BCUT2D eigenvalue weighted by Crippen LogP contribution is 2.46. The van der Waals surface area contributed by atoms with Gasteiger partial charge in [0.25, 0.3) is 0 Å². The molecule has 0 spiro atoms. The van der Waals surface area contributed by atoms with E-state index in [9.17, 15) is 5.11 Å². The van der Waals surface area contributed by atoms with Gasteiger partial charge in [0.15, 0.2) is 0 Å². The monoisotopic (exact) mass is 289 g/mol. The molecule has 3 rings (SSSR count). The van der Waals surface area contributed by atoms with Gasteiger partial charge in [0.1, 0.15) is 11.5 Å². The largest absolute Gasteiger partial charge is 0.457 e. The van der Waals surface area contributed by atoms with Crippen LogP contribution >= 0.6 is 11.6 Å². The van der Waals surface area contributed by atoms with E-state index in [4.69, 9.17) is 22.1 Å². The number of benzene rings is 2. The molecule has 0 aromatic heterocycles. The molecule has 1 heterocycles. The quantitative estimate of drug-likeness (QED) is 0.892. The molecule has 0 bridgehead atoms. The molecule has 2 atom stereocenters. The maximum atomic E-state index is 9.82. The van der Waals surface area contributed by atoms with Crippen LogP contribution in [0.5, 0.6) is 11.5 Å². The van der Waals surface area contributed by atoms with E-state index in [1.165, 1.54) is 0 Å². The lowest BCUT2D eigenvalue weighted by Gasteiger charge is -2.23. The molecule has 104 valence electrons. The molecule has 0 amide bonds. The van der Waals surface area contributed by atoms with Crippen molar-refractivity contribution in [1.82, 2.24) is 0 Å². The summed E-state index contributed by atoms with van der Waals surface area (Å²) in [5.41, 5.74) is 7.89. The van der Waals surface area contributed by atoms with Gasteiger partial charge < -0.3 is 15.6 Å². The number of aliphatic hydroxyl groups excluding tert-OH is 1. The smallest absolute Gasteiger partial charge is 0.131 e. The van der Waals surface area contributed by atoms with Crippen LogP contribution in [0.1, 0.15) is 23.0 Å². The Morgan fingerprint density at radius 3 is 2.55 bits per heavy atom. The van der Waals surface area contributed by atoms with Crippen LogP contribution in [-0.2, 0) is 0 Å². The van der Waals surface area contributed by atoms with Crippen molar-refractivity contribution >= 4 is 11.6 Å². The molecule has 4 heteroatoms. The molecule has 20 heavy (non-hydrogen) atoms. The van der Waals surface area contributed by atoms with Crippen LogP contribution in [0.25, 0.3) is 0 Å². The van der Waals surface area contributed by atoms with Crippen molar-refractivity contribution in [3.63, 3.8) is 0 Å². The first-order valence-corrected chi connectivity index (χ1v) is 6.99. The van der Waals surface area contributed by atoms with Gasteiger partial charge in [-0.2, -0.15) is 0 Å². The number of hydrogen-bond acceptors (Lipinski definition) is 3. The lowest BCUT2D eigenvalue weighted by molar-refractivity contribution is 0.249. The lowest BCUT2D eigenvalue weighted by atomic mass is 9.82. The average Bonchev–Trinajstić information content (AvgIpc) is 2.60. The minimum Gasteiger partial charge on any atom is -0.457 e. The summed E-state index contributed by atoms with van der Waals surface area (Å²) in [6.07, 6.45) is 0. The Balaban J connectivity index is 2.21. The first-order valence-electron chi connectivity index (χ1n) is 6.61. The Labute approximate surface area is 122 Å². The number of fused-ring (bicyclic) bond motifs is 2. The van der Waals surface area contributed by atoms with E-state index < -0.39 is 0 Å². The third kappa shape index (κ3) is 2.18. The molecule has 0 aliphatic carbocycles. The summed E-state index contributed by atoms with van der Waals surface area (Å²) >= 11 is 6.10. The van der Waals surface area contributed by atoms with E-state index in [2.05, 4.69) is 0 Å². The van der Waals surface area contributed by atoms with Crippen LogP contribution in [-0.4, -0.2) is 18.3 Å². The predicted molar refractivity (Wildman–Crippen MR) is 79.6 cm³/mol. The zero-order chi connectivity index (χ0) is 14.1. The molecule has 2 aromatic rings. The zero-order valence-corrected chi connectivity index (χ0v) is 11.7. The Kier molecular flexibility index (Phi) is 3.66. The summed E-state index contributed by atoms with van der Waals surface area (Å²) in [5, 5.41) is 10.5. The van der Waals surface area contributed by atoms with Crippen LogP contribution in [0.15, 0.2) is 42.5 Å². The van der Waals surface area contributed by atoms with E-state index in [-0.39, 0.29) is 18.4 Å². The van der Waals surface area contributed by atoms with E-state index in [1.807, 2.05) is 36.4 Å². The second-order valence-electron chi connectivity index (χ2n) is 4.95. The van der Waals surface area contributed by atoms with Gasteiger partial charge in [-0.25, -0.2) is 0 Å². The number of halogens is 1. The van der Waals surface area contributed by atoms with Crippen LogP contribution in [0.4, 0.5) is 0 Å². The third-order valence-corrected chi connectivity index (χ3v) is 4.08. The average molecular weight is 290 g/mol. The van der Waals surface area contributed by atoms with Gasteiger partial charge in [0.05, 0.1) is 6.61 Å². The highest BCUT2D eigenvalue weighted by Gasteiger charge is 2.31. The zero-order valence-electron chi connectivity index (χ0n) is 10.9. The second kappa shape index (κ2) is 5.44. The molecule has 0 saturated heterocycles. The number of para-hydroxylation sites is 1. The van der Waals surface area contributed by atoms with Crippen LogP contribution in [0, 0.1) is 0 Å². The fourth-order valence-electron chi connectivity index (χ4n) is 2.85. The Hall–Kier alpha value is -1.55. The van der Waals surface area contributed by atoms with Crippen LogP contribution < -0.4 is 10.5 Å². The Morgan fingerprint density at radius 1 is 1.05 bits per heavy atom. The van der Waals surface area contributed by atoms with Crippen LogP contribution in [0.2, 0.25) is 5.02 Å². The summed E-state index contributed by atoms with van der Waals surface area (Å²) < 4.78 is 6.00. The van der Waals surface area contributed by atoms with Gasteiger partial charge in [-0.05, 0) is 30.8 Å². The SMILES string of the molecule is NC[C@H]1c2cc(Cl)ccc2Oc2ccccc2[C@@H]1CO. The number of hydrogen-bond donors (Lipinski definition) is 2. The van der Waals surface area contributed by atoms with Gasteiger partial charge in [-0.15, -0.1) is 0 Å². The van der Waals surface area contributed by atoms with Gasteiger partial charge in [-0.3, -0.25) is 0 Å². The first-order chi connectivity index (χ1) is 9.74. The minimum absolute atomic E-state index is 0.0163. The van der Waals surface area contributed by atoms with Crippen LogP contribution in [0.3, 0.4) is 0 Å². The normalized spacial score (nSPS) is 20.6. The Bertz CT molecular complexity index is 630. The standard InChI is InChI=1S/C16H16ClNO2/c17-10-5-6-16-12(7-10)13(8-18)14(9-19)11-3-1-2-4-15(11)20-16/h1-7,13-14,19H,8-9,18H2/t13-,14-/m0/s1. The van der Waals surface area contributed by atoms with Crippen molar-refractivity contribution in [2.24, 2.45) is 5.73 Å². The number of rotatable bonds is 2. The fourth-order valence-corrected chi connectivity index (χ4v) is 3.03. The summed E-state index contributed by atoms with van der Waals surface area (Å²) in [6, 6.07) is 13.3. The maximum absolute atomic E-state index is 9.82. The van der Waals surface area contributed by atoms with E-state index in [0.29, 0.717) is 11.6 Å². The second-order valence-corrected chi connectivity index (χ2v) is 5.39. The van der Waals surface area contributed by atoms with Crippen molar-refractivity contribution < 1.29 is 9.84 Å². The van der Waals surface area contributed by atoms with Crippen molar-refractivity contribution in [1.29, 1.82) is 0 Å². The van der Waals surface area contributed by atoms with Crippen molar-refractivity contribution in [3.05, 3.63) is 58.6 Å². The molecule has 0 unspecified atom stereocenters. The molecule has 1 aliphatic rings. The third-order valence-electron chi connectivity index (χ3n) is 3.85. The van der Waals surface area contributed by atoms with E-state index in [0.717, 1.165) is 22.6 Å². The maximum Gasteiger partial charge on any atom is 0.131 e. The molecular weight excluding hydrogens is 274 g/mol. The fraction of sp³-hybridized carbons (Fsp3) is 0.250. The minimum atomic E-state index is -0.0871. The van der Waals surface area contributed by atoms with Crippen molar-refractivity contribution in [3.8, 4) is 11.5 Å². The summed E-state index contributed by atoms with van der Waals surface area (Å²) in [6.45, 7) is 0.449. The summed E-state index contributed by atoms with van der Waals surface area (Å²) in [4.78, 5) is 0. The van der Waals surface area contributed by atoms with Gasteiger partial charge >= 0.3 is 0 Å². The highest BCUT2D eigenvalue weighted by molar-refractivity contribution is 6.30. The van der Waals surface area contributed by atoms with Gasteiger partial charge in [-0.1, -0.05) is 29.8 Å². The molecule has 1 aliphatic heterocycles. The van der Waals surface area contributed by atoms with Gasteiger partial charge in [0, 0.05) is 28.0 Å². The molecule has 0 saturated carbocycles. The molecule has 3 nitrogen and oxygen atoms in total. The van der Waals surface area contributed by atoms with Crippen molar-refractivity contribution in [2.45, 2.75) is 11.8 Å². The summed E-state index contributed by atoms with van der Waals surface area (Å²) in [7, 11) is 0. The molecule has 3 N–H and O–H groups in total. The topological polar surface area (TPSA) is 55.5 Å². The molecular formula is C16H16ClNO2. The Morgan fingerprint density at radius 2 is 1.80 bits per heavy atom. The highest BCUT2D eigenvalue weighted by atomic mass is 35.5. The predicted octanol–water partition coefficient (Wildman–Crippen LogP) is 3.26. The number of nitrogens with two attached hydrogens (primary N) is 1. The molecule has 2 aromatic carbocycles. The van der Waals surface area contributed by atoms with E-state index in [1.54, 1.807) is 6.07 Å². The lowest BCUT2D eigenvalue weighted by Crippen LogP contribution is -2.22. The van der Waals surface area contributed by atoms with E-state index >= 15 is 0 Å². The first kappa shape index (κ1) is 13.4. The van der Waals surface area contributed by atoms with Crippen molar-refractivity contribution in [2.75, 3.05) is 13.2 Å².